The van der Waals surface area contributed by atoms with Crippen molar-refractivity contribution in [2.45, 2.75) is 0 Å². The Labute approximate surface area is 142 Å². The molecule has 0 nitrogen and oxygen atoms in total. The smallest absolute Gasteiger partial charge is 0.0412 e. The van der Waals surface area contributed by atoms with Crippen molar-refractivity contribution >= 4 is 49.1 Å². The van der Waals surface area contributed by atoms with Gasteiger partial charge in [0.1, 0.15) is 0 Å². The summed E-state index contributed by atoms with van der Waals surface area (Å²) in [7, 11) is 0. The summed E-state index contributed by atoms with van der Waals surface area (Å²) in [6.45, 7) is 0. The van der Waals surface area contributed by atoms with Crippen molar-refractivity contribution in [3.8, 4) is 11.1 Å². The zero-order valence-corrected chi connectivity index (χ0v) is 14.0. The maximum Gasteiger partial charge on any atom is 0.0412 e. The van der Waals surface area contributed by atoms with Crippen LogP contribution in [0.5, 0.6) is 0 Å². The Morgan fingerprint density at radius 2 is 1.32 bits per heavy atom. The first-order valence-electron chi connectivity index (χ1n) is 7.10. The van der Waals surface area contributed by atoms with Gasteiger partial charge in [-0.3, -0.25) is 0 Å². The van der Waals surface area contributed by atoms with Crippen molar-refractivity contribution in [2.24, 2.45) is 0 Å². The number of fused-ring (bicyclic) bond motifs is 3. The van der Waals surface area contributed by atoms with Crippen LogP contribution < -0.4 is 0 Å². The Kier molecular flexibility index (Phi) is 3.40. The van der Waals surface area contributed by atoms with Crippen molar-refractivity contribution in [3.05, 3.63) is 82.3 Å². The molecule has 0 aliphatic rings. The SMILES string of the molecule is Clc1ccc(Br)c(-c2cc3ccccc3c3ccccc23)c1. The van der Waals surface area contributed by atoms with Crippen molar-refractivity contribution in [1.82, 2.24) is 0 Å². The maximum atomic E-state index is 6.22. The van der Waals surface area contributed by atoms with Crippen molar-refractivity contribution in [2.75, 3.05) is 0 Å². The predicted octanol–water partition coefficient (Wildman–Crippen LogP) is 7.08. The normalized spacial score (nSPS) is 11.2. The zero-order valence-electron chi connectivity index (χ0n) is 11.7. The van der Waals surface area contributed by atoms with E-state index in [0.29, 0.717) is 0 Å². The lowest BCUT2D eigenvalue weighted by molar-refractivity contribution is 1.62. The van der Waals surface area contributed by atoms with Gasteiger partial charge in [0, 0.05) is 9.50 Å². The van der Waals surface area contributed by atoms with Crippen LogP contribution in [0, 0.1) is 0 Å². The summed E-state index contributed by atoms with van der Waals surface area (Å²) in [4.78, 5) is 0. The predicted molar refractivity (Wildman–Crippen MR) is 99.6 cm³/mol. The second kappa shape index (κ2) is 5.42. The Balaban J connectivity index is 2.18. The molecule has 0 aliphatic heterocycles. The number of halogens is 2. The van der Waals surface area contributed by atoms with Gasteiger partial charge in [-0.2, -0.15) is 0 Å². The minimum Gasteiger partial charge on any atom is -0.0843 e. The molecule has 0 N–H and O–H groups in total. The van der Waals surface area contributed by atoms with E-state index in [2.05, 4.69) is 70.5 Å². The van der Waals surface area contributed by atoms with E-state index < -0.39 is 0 Å². The molecule has 0 fully saturated rings. The lowest BCUT2D eigenvalue weighted by atomic mass is 9.93. The average Bonchev–Trinajstić information content (AvgIpc) is 2.56. The molecule has 4 aromatic carbocycles. The highest BCUT2D eigenvalue weighted by molar-refractivity contribution is 9.10. The summed E-state index contributed by atoms with van der Waals surface area (Å²) >= 11 is 9.87. The van der Waals surface area contributed by atoms with E-state index in [4.69, 9.17) is 11.6 Å². The summed E-state index contributed by atoms with van der Waals surface area (Å²) in [6.07, 6.45) is 0. The van der Waals surface area contributed by atoms with Crippen LogP contribution in [-0.2, 0) is 0 Å². The van der Waals surface area contributed by atoms with E-state index in [1.165, 1.54) is 27.1 Å². The fourth-order valence-electron chi connectivity index (χ4n) is 2.98. The summed E-state index contributed by atoms with van der Waals surface area (Å²) in [6, 6.07) is 25.2. The standard InChI is InChI=1S/C20H12BrCl/c21-20-10-9-14(22)12-19(20)18-11-13-5-1-2-6-15(13)16-7-3-4-8-17(16)18/h1-12H. The van der Waals surface area contributed by atoms with E-state index in [9.17, 15) is 0 Å². The lowest BCUT2D eigenvalue weighted by Gasteiger charge is -2.12. The second-order valence-electron chi connectivity index (χ2n) is 5.32. The fraction of sp³-hybridized carbons (Fsp3) is 0. The first kappa shape index (κ1) is 13.8. The van der Waals surface area contributed by atoms with Gasteiger partial charge in [0.25, 0.3) is 0 Å². The topological polar surface area (TPSA) is 0 Å². The van der Waals surface area contributed by atoms with E-state index in [-0.39, 0.29) is 0 Å². The highest BCUT2D eigenvalue weighted by atomic mass is 79.9. The van der Waals surface area contributed by atoms with Gasteiger partial charge in [-0.25, -0.2) is 0 Å². The van der Waals surface area contributed by atoms with Crippen LogP contribution in [0.25, 0.3) is 32.7 Å². The minimum atomic E-state index is 0.746. The first-order chi connectivity index (χ1) is 10.7. The molecule has 0 radical (unpaired) electrons. The van der Waals surface area contributed by atoms with Crippen molar-refractivity contribution in [1.29, 1.82) is 0 Å². The number of hydrogen-bond donors (Lipinski definition) is 0. The molecule has 0 amide bonds. The molecule has 0 bridgehead atoms. The molecule has 106 valence electrons. The van der Waals surface area contributed by atoms with Crippen molar-refractivity contribution < 1.29 is 0 Å². The van der Waals surface area contributed by atoms with Crippen LogP contribution in [-0.4, -0.2) is 0 Å². The summed E-state index contributed by atoms with van der Waals surface area (Å²) < 4.78 is 1.05. The minimum absolute atomic E-state index is 0.746. The van der Waals surface area contributed by atoms with Crippen molar-refractivity contribution in [3.63, 3.8) is 0 Å². The fourth-order valence-corrected chi connectivity index (χ4v) is 3.61. The van der Waals surface area contributed by atoms with E-state index in [1.807, 2.05) is 18.2 Å². The van der Waals surface area contributed by atoms with Crippen LogP contribution in [0.4, 0.5) is 0 Å². The second-order valence-corrected chi connectivity index (χ2v) is 6.61. The molecule has 0 spiro atoms. The summed E-state index contributed by atoms with van der Waals surface area (Å²) in [5.41, 5.74) is 2.32. The molecule has 22 heavy (non-hydrogen) atoms. The van der Waals surface area contributed by atoms with Gasteiger partial charge in [0.05, 0.1) is 0 Å². The van der Waals surface area contributed by atoms with Gasteiger partial charge < -0.3 is 0 Å². The molecule has 0 saturated heterocycles. The molecular weight excluding hydrogens is 356 g/mol. The highest BCUT2D eigenvalue weighted by Crippen LogP contribution is 2.38. The van der Waals surface area contributed by atoms with Gasteiger partial charge in [0.2, 0.25) is 0 Å². The van der Waals surface area contributed by atoms with Gasteiger partial charge in [0.15, 0.2) is 0 Å². The first-order valence-corrected chi connectivity index (χ1v) is 8.27. The number of benzene rings is 4. The van der Waals surface area contributed by atoms with Crippen LogP contribution in [0.15, 0.2) is 77.3 Å². The average molecular weight is 368 g/mol. The zero-order chi connectivity index (χ0) is 15.1. The molecule has 2 heteroatoms. The van der Waals surface area contributed by atoms with Gasteiger partial charge in [-0.15, -0.1) is 0 Å². The molecule has 0 aliphatic carbocycles. The van der Waals surface area contributed by atoms with Crippen LogP contribution in [0.2, 0.25) is 5.02 Å². The summed E-state index contributed by atoms with van der Waals surface area (Å²) in [5, 5.41) is 5.77. The van der Waals surface area contributed by atoms with Gasteiger partial charge >= 0.3 is 0 Å². The van der Waals surface area contributed by atoms with E-state index >= 15 is 0 Å². The van der Waals surface area contributed by atoms with Crippen LogP contribution >= 0.6 is 27.5 Å². The molecule has 0 saturated carbocycles. The molecule has 4 rings (SSSR count). The van der Waals surface area contributed by atoms with E-state index in [1.54, 1.807) is 0 Å². The number of hydrogen-bond acceptors (Lipinski definition) is 0. The Morgan fingerprint density at radius 1 is 0.636 bits per heavy atom. The Morgan fingerprint density at radius 3 is 2.14 bits per heavy atom. The lowest BCUT2D eigenvalue weighted by Crippen LogP contribution is -1.86. The van der Waals surface area contributed by atoms with E-state index in [0.717, 1.165) is 15.1 Å². The largest absolute Gasteiger partial charge is 0.0843 e. The molecular formula is C20H12BrCl. The molecule has 4 aromatic rings. The Bertz CT molecular complexity index is 1000. The third-order valence-electron chi connectivity index (χ3n) is 3.99. The number of rotatable bonds is 1. The Hall–Kier alpha value is -1.83. The molecule has 0 heterocycles. The molecule has 0 aromatic heterocycles. The maximum absolute atomic E-state index is 6.22. The van der Waals surface area contributed by atoms with Gasteiger partial charge in [-0.05, 0) is 56.9 Å². The molecule has 0 unspecified atom stereocenters. The van der Waals surface area contributed by atoms with Crippen LogP contribution in [0.1, 0.15) is 0 Å². The third-order valence-corrected chi connectivity index (χ3v) is 4.91. The third kappa shape index (κ3) is 2.22. The highest BCUT2D eigenvalue weighted by Gasteiger charge is 2.11. The monoisotopic (exact) mass is 366 g/mol. The van der Waals surface area contributed by atoms with Crippen LogP contribution in [0.3, 0.4) is 0 Å². The van der Waals surface area contributed by atoms with Gasteiger partial charge in [-0.1, -0.05) is 76.1 Å². The summed E-state index contributed by atoms with van der Waals surface area (Å²) in [5.74, 6) is 0. The quantitative estimate of drug-likeness (QED) is 0.315. The molecule has 0 atom stereocenters.